The van der Waals surface area contributed by atoms with Crippen molar-refractivity contribution in [2.45, 2.75) is 20.4 Å². The van der Waals surface area contributed by atoms with Crippen molar-refractivity contribution in [1.29, 1.82) is 0 Å². The van der Waals surface area contributed by atoms with Gasteiger partial charge in [0.05, 0.1) is 24.3 Å². The zero-order valence-electron chi connectivity index (χ0n) is 12.1. The van der Waals surface area contributed by atoms with E-state index in [2.05, 4.69) is 10.4 Å². The molecule has 1 aromatic heterocycles. The lowest BCUT2D eigenvalue weighted by Crippen LogP contribution is -2.12. The number of hydrogen-bond donors (Lipinski definition) is 1. The SMILES string of the molecule is CCOc1cccc(NCCn2cc(C)cn2)c1[N+](=O)[O-]. The maximum Gasteiger partial charge on any atom is 0.333 e. The van der Waals surface area contributed by atoms with Gasteiger partial charge in [-0.15, -0.1) is 0 Å². The van der Waals surface area contributed by atoms with Gasteiger partial charge in [-0.25, -0.2) is 0 Å². The molecule has 2 rings (SSSR count). The Bertz CT molecular complexity index is 624. The largest absolute Gasteiger partial charge is 0.487 e. The third kappa shape index (κ3) is 3.71. The average molecular weight is 290 g/mol. The molecular formula is C14H18N4O3. The van der Waals surface area contributed by atoms with E-state index >= 15 is 0 Å². The Morgan fingerprint density at radius 2 is 2.29 bits per heavy atom. The van der Waals surface area contributed by atoms with Crippen molar-refractivity contribution in [3.63, 3.8) is 0 Å². The minimum atomic E-state index is -0.425. The van der Waals surface area contributed by atoms with Gasteiger partial charge in [0.1, 0.15) is 5.69 Å². The van der Waals surface area contributed by atoms with Crippen LogP contribution in [0.15, 0.2) is 30.6 Å². The van der Waals surface area contributed by atoms with Crippen molar-refractivity contribution in [1.82, 2.24) is 9.78 Å². The van der Waals surface area contributed by atoms with Crippen LogP contribution in [0.3, 0.4) is 0 Å². The number of para-hydroxylation sites is 1. The van der Waals surface area contributed by atoms with E-state index in [9.17, 15) is 10.1 Å². The van der Waals surface area contributed by atoms with Crippen molar-refractivity contribution >= 4 is 11.4 Å². The second kappa shape index (κ2) is 6.74. The number of ether oxygens (including phenoxy) is 1. The summed E-state index contributed by atoms with van der Waals surface area (Å²) < 4.78 is 7.10. The molecule has 7 nitrogen and oxygen atoms in total. The Hall–Kier alpha value is -2.57. The summed E-state index contributed by atoms with van der Waals surface area (Å²) in [7, 11) is 0. The van der Waals surface area contributed by atoms with Gasteiger partial charge >= 0.3 is 5.69 Å². The van der Waals surface area contributed by atoms with Gasteiger partial charge in [-0.1, -0.05) is 6.07 Å². The first kappa shape index (κ1) is 14.8. The minimum Gasteiger partial charge on any atom is -0.487 e. The van der Waals surface area contributed by atoms with Crippen LogP contribution in [-0.2, 0) is 6.54 Å². The number of rotatable bonds is 7. The monoisotopic (exact) mass is 290 g/mol. The predicted molar refractivity (Wildman–Crippen MR) is 79.7 cm³/mol. The molecule has 112 valence electrons. The highest BCUT2D eigenvalue weighted by molar-refractivity contribution is 5.68. The fraction of sp³-hybridized carbons (Fsp3) is 0.357. The molecule has 0 fully saturated rings. The molecule has 1 N–H and O–H groups in total. The average Bonchev–Trinajstić information content (AvgIpc) is 2.85. The summed E-state index contributed by atoms with van der Waals surface area (Å²) in [4.78, 5) is 10.8. The topological polar surface area (TPSA) is 82.2 Å². The van der Waals surface area contributed by atoms with Gasteiger partial charge in [0.2, 0.25) is 0 Å². The molecule has 0 saturated heterocycles. The van der Waals surface area contributed by atoms with Crippen molar-refractivity contribution < 1.29 is 9.66 Å². The van der Waals surface area contributed by atoms with E-state index in [4.69, 9.17) is 4.74 Å². The Balaban J connectivity index is 2.08. The van der Waals surface area contributed by atoms with Crippen LogP contribution in [0.2, 0.25) is 0 Å². The summed E-state index contributed by atoms with van der Waals surface area (Å²) in [6.07, 6.45) is 3.70. The van der Waals surface area contributed by atoms with E-state index in [0.717, 1.165) is 5.56 Å². The predicted octanol–water partition coefficient (Wildman–Crippen LogP) is 2.61. The zero-order valence-corrected chi connectivity index (χ0v) is 12.1. The Labute approximate surface area is 122 Å². The molecule has 7 heteroatoms. The molecule has 0 aliphatic rings. The third-order valence-corrected chi connectivity index (χ3v) is 2.90. The van der Waals surface area contributed by atoms with E-state index in [1.54, 1.807) is 36.0 Å². The number of aryl methyl sites for hydroxylation is 1. The van der Waals surface area contributed by atoms with Gasteiger partial charge in [-0.05, 0) is 31.5 Å². The molecule has 0 bridgehead atoms. The van der Waals surface area contributed by atoms with Crippen LogP contribution in [0.25, 0.3) is 0 Å². The maximum absolute atomic E-state index is 11.2. The van der Waals surface area contributed by atoms with E-state index in [0.29, 0.717) is 25.4 Å². The maximum atomic E-state index is 11.2. The molecule has 21 heavy (non-hydrogen) atoms. The highest BCUT2D eigenvalue weighted by Crippen LogP contribution is 2.34. The summed E-state index contributed by atoms with van der Waals surface area (Å²) in [6, 6.07) is 5.01. The first-order chi connectivity index (χ1) is 10.1. The highest BCUT2D eigenvalue weighted by atomic mass is 16.6. The lowest BCUT2D eigenvalue weighted by atomic mass is 10.2. The molecule has 1 heterocycles. The van der Waals surface area contributed by atoms with Gasteiger partial charge in [0.15, 0.2) is 5.75 Å². The van der Waals surface area contributed by atoms with Gasteiger partial charge < -0.3 is 10.1 Å². The molecule has 0 amide bonds. The quantitative estimate of drug-likeness (QED) is 0.626. The number of nitro groups is 1. The molecule has 0 unspecified atom stereocenters. The lowest BCUT2D eigenvalue weighted by molar-refractivity contribution is -0.384. The first-order valence-electron chi connectivity index (χ1n) is 6.75. The normalized spacial score (nSPS) is 10.4. The lowest BCUT2D eigenvalue weighted by Gasteiger charge is -2.10. The Morgan fingerprint density at radius 1 is 1.48 bits per heavy atom. The zero-order chi connectivity index (χ0) is 15.2. The van der Waals surface area contributed by atoms with Gasteiger partial charge in [0, 0.05) is 12.7 Å². The van der Waals surface area contributed by atoms with Crippen molar-refractivity contribution in [3.8, 4) is 5.75 Å². The fourth-order valence-electron chi connectivity index (χ4n) is 2.02. The smallest absolute Gasteiger partial charge is 0.333 e. The molecule has 0 saturated carbocycles. The minimum absolute atomic E-state index is 0.0315. The Morgan fingerprint density at radius 3 is 2.90 bits per heavy atom. The van der Waals surface area contributed by atoms with E-state index in [1.165, 1.54) is 0 Å². The Kier molecular flexibility index (Phi) is 4.76. The van der Waals surface area contributed by atoms with Crippen molar-refractivity contribution in [2.75, 3.05) is 18.5 Å². The van der Waals surface area contributed by atoms with E-state index < -0.39 is 4.92 Å². The first-order valence-corrected chi connectivity index (χ1v) is 6.75. The van der Waals surface area contributed by atoms with Gasteiger partial charge in [-0.2, -0.15) is 5.10 Å². The summed E-state index contributed by atoms with van der Waals surface area (Å²) in [5.41, 5.74) is 1.50. The van der Waals surface area contributed by atoms with Crippen LogP contribution in [0, 0.1) is 17.0 Å². The van der Waals surface area contributed by atoms with Crippen LogP contribution >= 0.6 is 0 Å². The standard InChI is InChI=1S/C14H18N4O3/c1-3-21-13-6-4-5-12(14(13)18(19)20)15-7-8-17-10-11(2)9-16-17/h4-6,9-10,15H,3,7-8H2,1-2H3. The van der Waals surface area contributed by atoms with Crippen LogP contribution in [0.4, 0.5) is 11.4 Å². The summed E-state index contributed by atoms with van der Waals surface area (Å²) in [5.74, 6) is 0.280. The number of aromatic nitrogens is 2. The van der Waals surface area contributed by atoms with E-state index in [-0.39, 0.29) is 11.4 Å². The van der Waals surface area contributed by atoms with E-state index in [1.807, 2.05) is 13.1 Å². The van der Waals surface area contributed by atoms with Crippen LogP contribution < -0.4 is 10.1 Å². The molecule has 0 aliphatic heterocycles. The number of anilines is 1. The molecule has 0 spiro atoms. The van der Waals surface area contributed by atoms with Crippen LogP contribution in [-0.4, -0.2) is 27.9 Å². The summed E-state index contributed by atoms with van der Waals surface area (Å²) in [5, 5.41) is 18.5. The third-order valence-electron chi connectivity index (χ3n) is 2.90. The molecular weight excluding hydrogens is 272 g/mol. The number of nitrogens with zero attached hydrogens (tertiary/aromatic N) is 3. The number of nitro benzene ring substituents is 1. The number of benzene rings is 1. The summed E-state index contributed by atoms with van der Waals surface area (Å²) in [6.45, 7) is 5.31. The van der Waals surface area contributed by atoms with Crippen molar-refractivity contribution in [2.24, 2.45) is 0 Å². The van der Waals surface area contributed by atoms with Crippen molar-refractivity contribution in [3.05, 3.63) is 46.3 Å². The molecule has 1 aromatic carbocycles. The van der Waals surface area contributed by atoms with Crippen LogP contribution in [0.1, 0.15) is 12.5 Å². The summed E-state index contributed by atoms with van der Waals surface area (Å²) >= 11 is 0. The molecule has 2 aromatic rings. The second-order valence-corrected chi connectivity index (χ2v) is 4.55. The van der Waals surface area contributed by atoms with Gasteiger partial charge in [-0.3, -0.25) is 14.8 Å². The molecule has 0 aliphatic carbocycles. The number of nitrogens with one attached hydrogen (secondary N) is 1. The highest BCUT2D eigenvalue weighted by Gasteiger charge is 2.20. The number of hydrogen-bond acceptors (Lipinski definition) is 5. The van der Waals surface area contributed by atoms with Crippen LogP contribution in [0.5, 0.6) is 5.75 Å². The fourth-order valence-corrected chi connectivity index (χ4v) is 2.02. The molecule has 0 radical (unpaired) electrons. The second-order valence-electron chi connectivity index (χ2n) is 4.55. The molecule has 0 atom stereocenters. The van der Waals surface area contributed by atoms with Gasteiger partial charge in [0.25, 0.3) is 0 Å².